The largest absolute Gasteiger partial charge is 0.298 e. The predicted molar refractivity (Wildman–Crippen MR) is 83.1 cm³/mol. The van der Waals surface area contributed by atoms with Crippen molar-refractivity contribution in [1.82, 2.24) is 4.90 Å². The lowest BCUT2D eigenvalue weighted by Crippen LogP contribution is -2.42. The first-order chi connectivity index (χ1) is 8.99. The van der Waals surface area contributed by atoms with Crippen LogP contribution in [0.2, 0.25) is 0 Å². The summed E-state index contributed by atoms with van der Waals surface area (Å²) in [5, 5.41) is 0. The van der Waals surface area contributed by atoms with Crippen LogP contribution in [0.4, 0.5) is 0 Å². The van der Waals surface area contributed by atoms with E-state index in [1.54, 1.807) is 14.0 Å². The number of carbonyl (C=O) groups is 1. The van der Waals surface area contributed by atoms with Crippen molar-refractivity contribution in [2.45, 2.75) is 33.7 Å². The van der Waals surface area contributed by atoms with Gasteiger partial charge in [-0.3, -0.25) is 14.7 Å². The lowest BCUT2D eigenvalue weighted by Gasteiger charge is -2.24. The summed E-state index contributed by atoms with van der Waals surface area (Å²) in [5.74, 6) is 0.110. The topological polar surface area (TPSA) is 32.7 Å². The molecule has 1 atom stereocenters. The first kappa shape index (κ1) is 17.5. The van der Waals surface area contributed by atoms with E-state index in [1.807, 2.05) is 64.0 Å². The van der Waals surface area contributed by atoms with Crippen molar-refractivity contribution in [3.8, 4) is 0 Å². The number of carbonyl (C=O) groups excluding carboxylic acids is 1. The van der Waals surface area contributed by atoms with Gasteiger partial charge < -0.3 is 0 Å². The van der Waals surface area contributed by atoms with Crippen molar-refractivity contribution in [3.05, 3.63) is 35.4 Å². The van der Waals surface area contributed by atoms with Gasteiger partial charge in [-0.05, 0) is 33.5 Å². The third kappa shape index (κ3) is 4.60. The lowest BCUT2D eigenvalue weighted by molar-refractivity contribution is -0.119. The van der Waals surface area contributed by atoms with Crippen molar-refractivity contribution in [2.75, 3.05) is 21.1 Å². The van der Waals surface area contributed by atoms with Crippen LogP contribution in [-0.4, -0.2) is 43.6 Å². The standard InChI is InChI=1S/C14H20N2O.C2H6/c1-10-8-6-7-9-12(10)13(15-3)14(11(2)17)16(4)5;1-2/h6-9,14H,1-5H3;1-2H3. The van der Waals surface area contributed by atoms with Crippen LogP contribution >= 0.6 is 0 Å². The number of likely N-dealkylation sites (N-methyl/N-ethyl adjacent to an activating group) is 1. The molecule has 0 aliphatic heterocycles. The maximum atomic E-state index is 11.7. The van der Waals surface area contributed by atoms with Gasteiger partial charge in [0.05, 0.1) is 5.71 Å². The van der Waals surface area contributed by atoms with Crippen molar-refractivity contribution >= 4 is 11.5 Å². The van der Waals surface area contributed by atoms with E-state index in [0.717, 1.165) is 16.8 Å². The Morgan fingerprint density at radius 2 is 1.74 bits per heavy atom. The SMILES string of the molecule is CC.CN=C(c1ccccc1C)C(C(C)=O)N(C)C. The molecule has 0 spiro atoms. The van der Waals surface area contributed by atoms with Crippen LogP contribution in [0.1, 0.15) is 31.9 Å². The van der Waals surface area contributed by atoms with E-state index in [2.05, 4.69) is 4.99 Å². The van der Waals surface area contributed by atoms with E-state index < -0.39 is 0 Å². The second-order valence-electron chi connectivity index (χ2n) is 4.40. The molecule has 19 heavy (non-hydrogen) atoms. The van der Waals surface area contributed by atoms with Crippen LogP contribution in [0.5, 0.6) is 0 Å². The summed E-state index contributed by atoms with van der Waals surface area (Å²) in [6.07, 6.45) is 0. The third-order valence-electron chi connectivity index (χ3n) is 2.82. The van der Waals surface area contributed by atoms with Crippen molar-refractivity contribution < 1.29 is 4.79 Å². The minimum Gasteiger partial charge on any atom is -0.298 e. The molecule has 1 rings (SSSR count). The third-order valence-corrected chi connectivity index (χ3v) is 2.82. The average molecular weight is 262 g/mol. The maximum absolute atomic E-state index is 11.7. The molecule has 106 valence electrons. The van der Waals surface area contributed by atoms with Gasteiger partial charge in [-0.2, -0.15) is 0 Å². The Morgan fingerprint density at radius 3 is 2.11 bits per heavy atom. The molecule has 0 aliphatic carbocycles. The highest BCUT2D eigenvalue weighted by atomic mass is 16.1. The van der Waals surface area contributed by atoms with Gasteiger partial charge >= 0.3 is 0 Å². The number of nitrogens with zero attached hydrogens (tertiary/aromatic N) is 2. The van der Waals surface area contributed by atoms with Crippen molar-refractivity contribution in [1.29, 1.82) is 0 Å². The highest BCUT2D eigenvalue weighted by Gasteiger charge is 2.24. The molecule has 0 fully saturated rings. The second-order valence-corrected chi connectivity index (χ2v) is 4.40. The van der Waals surface area contributed by atoms with E-state index in [-0.39, 0.29) is 11.8 Å². The predicted octanol–water partition coefficient (Wildman–Crippen LogP) is 2.96. The summed E-state index contributed by atoms with van der Waals surface area (Å²) in [5.41, 5.74) is 3.02. The van der Waals surface area contributed by atoms with Gasteiger partial charge in [-0.25, -0.2) is 0 Å². The van der Waals surface area contributed by atoms with Gasteiger partial charge in [0.15, 0.2) is 5.78 Å². The summed E-state index contributed by atoms with van der Waals surface area (Å²) < 4.78 is 0. The molecular formula is C16H26N2O. The summed E-state index contributed by atoms with van der Waals surface area (Å²) in [6, 6.07) is 7.73. The molecule has 0 aliphatic rings. The summed E-state index contributed by atoms with van der Waals surface area (Å²) >= 11 is 0. The zero-order valence-corrected chi connectivity index (χ0v) is 13.2. The highest BCUT2D eigenvalue weighted by molar-refractivity contribution is 6.16. The van der Waals surface area contributed by atoms with Crippen molar-refractivity contribution in [2.24, 2.45) is 4.99 Å². The average Bonchev–Trinajstić information content (AvgIpc) is 2.38. The number of hydrogen-bond donors (Lipinski definition) is 0. The molecule has 0 saturated heterocycles. The Balaban J connectivity index is 0.00000154. The Bertz CT molecular complexity index is 436. The number of rotatable bonds is 4. The smallest absolute Gasteiger partial charge is 0.153 e. The fourth-order valence-electron chi connectivity index (χ4n) is 2.05. The minimum atomic E-state index is -0.277. The van der Waals surface area contributed by atoms with Gasteiger partial charge in [0, 0.05) is 12.6 Å². The fourth-order valence-corrected chi connectivity index (χ4v) is 2.05. The molecule has 0 radical (unpaired) electrons. The minimum absolute atomic E-state index is 0.110. The molecule has 0 N–H and O–H groups in total. The molecule has 3 nitrogen and oxygen atoms in total. The van der Waals surface area contributed by atoms with Gasteiger partial charge in [0.25, 0.3) is 0 Å². The molecular weight excluding hydrogens is 236 g/mol. The van der Waals surface area contributed by atoms with E-state index in [4.69, 9.17) is 0 Å². The number of aliphatic imine (C=N–C) groups is 1. The number of ketones is 1. The molecule has 0 saturated carbocycles. The second kappa shape index (κ2) is 8.59. The molecule has 0 heterocycles. The number of hydrogen-bond acceptors (Lipinski definition) is 3. The van der Waals surface area contributed by atoms with Gasteiger partial charge in [0.1, 0.15) is 6.04 Å². The van der Waals surface area contributed by atoms with E-state index in [9.17, 15) is 4.79 Å². The highest BCUT2D eigenvalue weighted by Crippen LogP contribution is 2.14. The van der Waals surface area contributed by atoms with Gasteiger partial charge in [-0.15, -0.1) is 0 Å². The number of aryl methyl sites for hydroxylation is 1. The van der Waals surface area contributed by atoms with Gasteiger partial charge in [-0.1, -0.05) is 38.1 Å². The summed E-state index contributed by atoms with van der Waals surface area (Å²) in [6.45, 7) is 7.64. The first-order valence-electron chi connectivity index (χ1n) is 6.68. The molecule has 1 unspecified atom stereocenters. The zero-order valence-electron chi connectivity index (χ0n) is 13.2. The Morgan fingerprint density at radius 1 is 1.21 bits per heavy atom. The molecule has 0 amide bonds. The molecule has 3 heteroatoms. The number of benzene rings is 1. The molecule has 0 bridgehead atoms. The summed E-state index contributed by atoms with van der Waals surface area (Å²) in [4.78, 5) is 18.0. The molecule has 1 aromatic carbocycles. The maximum Gasteiger partial charge on any atom is 0.153 e. The Hall–Kier alpha value is -1.48. The van der Waals surface area contributed by atoms with E-state index in [1.165, 1.54) is 0 Å². The van der Waals surface area contributed by atoms with E-state index >= 15 is 0 Å². The van der Waals surface area contributed by atoms with E-state index in [0.29, 0.717) is 0 Å². The lowest BCUT2D eigenvalue weighted by atomic mass is 9.96. The van der Waals surface area contributed by atoms with Crippen LogP contribution in [0.3, 0.4) is 0 Å². The first-order valence-corrected chi connectivity index (χ1v) is 6.68. The monoisotopic (exact) mass is 262 g/mol. The summed E-state index contributed by atoms with van der Waals surface area (Å²) in [7, 11) is 5.53. The Labute approximate surface area is 117 Å². The van der Waals surface area contributed by atoms with Crippen LogP contribution in [-0.2, 0) is 4.79 Å². The van der Waals surface area contributed by atoms with Crippen LogP contribution in [0.25, 0.3) is 0 Å². The van der Waals surface area contributed by atoms with Crippen LogP contribution in [0, 0.1) is 6.92 Å². The van der Waals surface area contributed by atoms with Crippen LogP contribution < -0.4 is 0 Å². The molecule has 1 aromatic rings. The normalized spacial score (nSPS) is 12.7. The zero-order chi connectivity index (χ0) is 15.0. The van der Waals surface area contributed by atoms with Crippen molar-refractivity contribution in [3.63, 3.8) is 0 Å². The Kier molecular flexibility index (Phi) is 7.92. The van der Waals surface area contributed by atoms with Crippen LogP contribution in [0.15, 0.2) is 29.3 Å². The fraction of sp³-hybridized carbons (Fsp3) is 0.500. The van der Waals surface area contributed by atoms with Gasteiger partial charge in [0.2, 0.25) is 0 Å². The quantitative estimate of drug-likeness (QED) is 0.782. The molecule has 0 aromatic heterocycles. The number of Topliss-reactive ketones (excluding diaryl/α,β-unsaturated/α-hetero) is 1.